The highest BCUT2D eigenvalue weighted by Gasteiger charge is 2.27. The molecule has 156 valence electrons. The topological polar surface area (TPSA) is 54.4 Å². The van der Waals surface area contributed by atoms with Crippen molar-refractivity contribution in [2.45, 2.75) is 92.4 Å². The second kappa shape index (κ2) is 11.8. The Morgan fingerprint density at radius 3 is 2.25 bits per heavy atom. The fourth-order valence-electron chi connectivity index (χ4n) is 4.11. The van der Waals surface area contributed by atoms with Crippen molar-refractivity contribution in [3.63, 3.8) is 0 Å². The molecule has 0 fully saturated rings. The van der Waals surface area contributed by atoms with Gasteiger partial charge in [-0.3, -0.25) is 4.79 Å². The van der Waals surface area contributed by atoms with Gasteiger partial charge in [0.1, 0.15) is 6.29 Å². The molecule has 0 aromatic heterocycles. The molecule has 0 radical (unpaired) electrons. The predicted octanol–water partition coefficient (Wildman–Crippen LogP) is 6.96. The van der Waals surface area contributed by atoms with Gasteiger partial charge in [-0.25, -0.2) is 4.79 Å². The summed E-state index contributed by atoms with van der Waals surface area (Å²) in [4.78, 5) is 21.5. The van der Waals surface area contributed by atoms with E-state index in [0.29, 0.717) is 30.1 Å². The minimum Gasteiger partial charge on any atom is -0.478 e. The van der Waals surface area contributed by atoms with Crippen LogP contribution in [0.25, 0.3) is 0 Å². The molecular weight excluding hydrogens is 348 g/mol. The van der Waals surface area contributed by atoms with Crippen molar-refractivity contribution in [2.75, 3.05) is 0 Å². The quantitative estimate of drug-likeness (QED) is 0.237. The maximum atomic E-state index is 10.8. The summed E-state index contributed by atoms with van der Waals surface area (Å²) >= 11 is 0. The van der Waals surface area contributed by atoms with Crippen LogP contribution in [0.5, 0.6) is 0 Å². The van der Waals surface area contributed by atoms with Crippen molar-refractivity contribution >= 4 is 12.3 Å². The van der Waals surface area contributed by atoms with Gasteiger partial charge in [0.05, 0.1) is 0 Å². The van der Waals surface area contributed by atoms with E-state index >= 15 is 0 Å². The molecule has 0 spiro atoms. The molecule has 0 saturated carbocycles. The van der Waals surface area contributed by atoms with Gasteiger partial charge in [0, 0.05) is 6.08 Å². The first-order chi connectivity index (χ1) is 13.2. The van der Waals surface area contributed by atoms with Gasteiger partial charge in [0.15, 0.2) is 0 Å². The number of carboxylic acid groups (broad SMARTS) is 1. The molecule has 0 aromatic rings. The Morgan fingerprint density at radius 2 is 1.68 bits per heavy atom. The number of carboxylic acids is 1. The minimum atomic E-state index is -1.06. The molecule has 0 atom stereocenters. The Balaban J connectivity index is 2.43. The number of aliphatic carboxylic acids is 1. The summed E-state index contributed by atoms with van der Waals surface area (Å²) in [5.41, 5.74) is 6.72. The second-order valence-electron chi connectivity index (χ2n) is 8.85. The van der Waals surface area contributed by atoms with Crippen LogP contribution < -0.4 is 0 Å². The number of allylic oxidation sites excluding steroid dienone is 7. The summed E-state index contributed by atoms with van der Waals surface area (Å²) < 4.78 is 0. The third-order valence-electron chi connectivity index (χ3n) is 5.87. The summed E-state index contributed by atoms with van der Waals surface area (Å²) in [7, 11) is 0. The third kappa shape index (κ3) is 8.86. The number of carbonyl (C=O) groups excluding carboxylic acids is 1. The lowest BCUT2D eigenvalue weighted by molar-refractivity contribution is -0.131. The number of hydrogen-bond acceptors (Lipinski definition) is 2. The Hall–Kier alpha value is -1.90. The van der Waals surface area contributed by atoms with Crippen LogP contribution in [0.2, 0.25) is 0 Å². The van der Waals surface area contributed by atoms with Crippen LogP contribution in [0, 0.1) is 5.41 Å². The molecular formula is C25H38O3. The predicted molar refractivity (Wildman–Crippen MR) is 117 cm³/mol. The van der Waals surface area contributed by atoms with Crippen LogP contribution in [0.15, 0.2) is 46.1 Å². The molecule has 0 amide bonds. The van der Waals surface area contributed by atoms with E-state index in [4.69, 9.17) is 5.11 Å². The molecule has 3 heteroatoms. The Labute approximate surface area is 171 Å². The van der Waals surface area contributed by atoms with Crippen LogP contribution in [0.4, 0.5) is 0 Å². The monoisotopic (exact) mass is 386 g/mol. The highest BCUT2D eigenvalue weighted by atomic mass is 16.4. The number of aldehydes is 1. The summed E-state index contributed by atoms with van der Waals surface area (Å²) in [5, 5.41) is 8.70. The van der Waals surface area contributed by atoms with E-state index < -0.39 is 5.97 Å². The number of hydrogen-bond donors (Lipinski definition) is 1. The van der Waals surface area contributed by atoms with Gasteiger partial charge in [0.2, 0.25) is 0 Å². The maximum absolute atomic E-state index is 10.8. The van der Waals surface area contributed by atoms with E-state index in [-0.39, 0.29) is 0 Å². The first-order valence-electron chi connectivity index (χ1n) is 10.5. The molecule has 0 aliphatic heterocycles. The molecule has 3 nitrogen and oxygen atoms in total. The first kappa shape index (κ1) is 24.1. The second-order valence-corrected chi connectivity index (χ2v) is 8.85. The fraction of sp³-hybridized carbons (Fsp3) is 0.600. The number of carbonyl (C=O) groups is 2. The minimum absolute atomic E-state index is 0.336. The molecule has 0 unspecified atom stereocenters. The molecule has 0 saturated heterocycles. The van der Waals surface area contributed by atoms with E-state index in [9.17, 15) is 9.59 Å². The van der Waals surface area contributed by atoms with E-state index in [1.54, 1.807) is 11.1 Å². The average molecular weight is 387 g/mol. The standard InChI is InChI=1S/C25H38O3/c1-19(11-7-13-22(18-26)17-24(27)28)9-6-10-20(2)14-15-23-21(3)12-8-16-25(23,4)5/h10-11,17-18H,6-9,12-16H2,1-5H3,(H,27,28). The number of rotatable bonds is 11. The molecule has 0 bridgehead atoms. The van der Waals surface area contributed by atoms with Gasteiger partial charge in [0.25, 0.3) is 0 Å². The fourth-order valence-corrected chi connectivity index (χ4v) is 4.11. The van der Waals surface area contributed by atoms with Gasteiger partial charge in [-0.15, -0.1) is 0 Å². The Kier molecular flexibility index (Phi) is 10.2. The summed E-state index contributed by atoms with van der Waals surface area (Å²) in [6.45, 7) is 11.4. The van der Waals surface area contributed by atoms with Gasteiger partial charge in [-0.05, 0) is 89.5 Å². The zero-order chi connectivity index (χ0) is 21.2. The summed E-state index contributed by atoms with van der Waals surface area (Å²) in [6.07, 6.45) is 15.5. The van der Waals surface area contributed by atoms with Crippen LogP contribution in [0.3, 0.4) is 0 Å². The van der Waals surface area contributed by atoms with Crippen molar-refractivity contribution in [1.29, 1.82) is 0 Å². The van der Waals surface area contributed by atoms with Crippen molar-refractivity contribution in [2.24, 2.45) is 5.41 Å². The van der Waals surface area contributed by atoms with Crippen molar-refractivity contribution < 1.29 is 14.7 Å². The highest BCUT2D eigenvalue weighted by Crippen LogP contribution is 2.42. The van der Waals surface area contributed by atoms with Crippen LogP contribution in [0.1, 0.15) is 92.4 Å². The lowest BCUT2D eigenvalue weighted by atomic mass is 9.71. The average Bonchev–Trinajstić information content (AvgIpc) is 2.59. The van der Waals surface area contributed by atoms with Gasteiger partial charge >= 0.3 is 5.97 Å². The lowest BCUT2D eigenvalue weighted by Crippen LogP contribution is -2.20. The summed E-state index contributed by atoms with van der Waals surface area (Å²) in [5.74, 6) is -1.06. The Morgan fingerprint density at radius 1 is 1.07 bits per heavy atom. The van der Waals surface area contributed by atoms with Gasteiger partial charge in [-0.2, -0.15) is 0 Å². The molecule has 1 aliphatic carbocycles. The van der Waals surface area contributed by atoms with E-state index in [0.717, 1.165) is 25.3 Å². The molecule has 0 heterocycles. The maximum Gasteiger partial charge on any atom is 0.328 e. The first-order valence-corrected chi connectivity index (χ1v) is 10.5. The zero-order valence-electron chi connectivity index (χ0n) is 18.4. The lowest BCUT2D eigenvalue weighted by Gasteiger charge is -2.35. The van der Waals surface area contributed by atoms with Crippen molar-refractivity contribution in [1.82, 2.24) is 0 Å². The zero-order valence-corrected chi connectivity index (χ0v) is 18.4. The smallest absolute Gasteiger partial charge is 0.328 e. The van der Waals surface area contributed by atoms with E-state index in [1.807, 2.05) is 0 Å². The normalized spacial score (nSPS) is 18.4. The molecule has 1 rings (SSSR count). The highest BCUT2D eigenvalue weighted by molar-refractivity contribution is 5.88. The van der Waals surface area contributed by atoms with Crippen LogP contribution in [-0.4, -0.2) is 17.4 Å². The molecule has 1 aliphatic rings. The van der Waals surface area contributed by atoms with Crippen molar-refractivity contribution in [3.8, 4) is 0 Å². The van der Waals surface area contributed by atoms with Crippen LogP contribution in [-0.2, 0) is 9.59 Å². The van der Waals surface area contributed by atoms with Crippen molar-refractivity contribution in [3.05, 3.63) is 46.1 Å². The molecule has 1 N–H and O–H groups in total. The molecule has 0 aromatic carbocycles. The molecule has 28 heavy (non-hydrogen) atoms. The van der Waals surface area contributed by atoms with Gasteiger partial charge in [-0.1, -0.05) is 48.3 Å². The van der Waals surface area contributed by atoms with Gasteiger partial charge < -0.3 is 5.11 Å². The van der Waals surface area contributed by atoms with Crippen LogP contribution >= 0.6 is 0 Å². The van der Waals surface area contributed by atoms with E-state index in [1.165, 1.54) is 36.8 Å². The summed E-state index contributed by atoms with van der Waals surface area (Å²) in [6, 6.07) is 0. The SMILES string of the molecule is CC(=CCCC(C=O)=CC(=O)O)CCC=C(C)CCC1=C(C)CCCC1(C)C. The largest absolute Gasteiger partial charge is 0.478 e. The Bertz CT molecular complexity index is 672. The van der Waals surface area contributed by atoms with E-state index in [2.05, 4.69) is 46.8 Å². The third-order valence-corrected chi connectivity index (χ3v) is 5.87.